The number of phenols is 1. The van der Waals surface area contributed by atoms with E-state index in [0.29, 0.717) is 12.2 Å². The van der Waals surface area contributed by atoms with Crippen LogP contribution < -0.4 is 5.32 Å². The van der Waals surface area contributed by atoms with Gasteiger partial charge in [-0.05, 0) is 35.2 Å². The Morgan fingerprint density at radius 2 is 1.81 bits per heavy atom. The van der Waals surface area contributed by atoms with E-state index >= 15 is 0 Å². The highest BCUT2D eigenvalue weighted by molar-refractivity contribution is 5.90. The summed E-state index contributed by atoms with van der Waals surface area (Å²) in [6.45, 7) is 0.619. The lowest BCUT2D eigenvalue weighted by Crippen LogP contribution is -2.37. The molecule has 2 atom stereocenters. The second-order valence-corrected chi connectivity index (χ2v) is 6.57. The van der Waals surface area contributed by atoms with Crippen molar-refractivity contribution in [3.8, 4) is 5.75 Å². The van der Waals surface area contributed by atoms with Crippen molar-refractivity contribution in [1.29, 1.82) is 0 Å². The second-order valence-electron chi connectivity index (χ2n) is 6.57. The molecule has 4 nitrogen and oxygen atoms in total. The predicted octanol–water partition coefficient (Wildman–Crippen LogP) is 3.93. The number of phenolic OH excluding ortho intramolecular Hbond substituents is 1. The van der Waals surface area contributed by atoms with Crippen LogP contribution in [0.1, 0.15) is 30.0 Å². The summed E-state index contributed by atoms with van der Waals surface area (Å²) in [5, 5.41) is 15.7. The first-order chi connectivity index (χ1) is 12.7. The van der Waals surface area contributed by atoms with Gasteiger partial charge in [-0.1, -0.05) is 60.7 Å². The van der Waals surface area contributed by atoms with Crippen LogP contribution in [0.5, 0.6) is 5.75 Å². The third-order valence-corrected chi connectivity index (χ3v) is 4.88. The Balaban J connectivity index is 1.81. The van der Waals surface area contributed by atoms with Crippen molar-refractivity contribution >= 4 is 16.7 Å². The number of fused-ring (bicyclic) bond motifs is 1. The van der Waals surface area contributed by atoms with E-state index in [-0.39, 0.29) is 11.7 Å². The molecule has 1 aliphatic rings. The van der Waals surface area contributed by atoms with Crippen molar-refractivity contribution < 1.29 is 14.6 Å². The highest BCUT2D eigenvalue weighted by atomic mass is 16.5. The molecule has 1 aliphatic heterocycles. The topological polar surface area (TPSA) is 58.6 Å². The summed E-state index contributed by atoms with van der Waals surface area (Å²) < 4.78 is 5.53. The standard InChI is InChI=1S/C22H21NO3/c24-18-13-12-15-7-4-5-10-17(15)20(18)21(16-8-2-1-3-9-16)23-22(25)19-11-6-14-26-19/h1-5,7-10,12-13,19,21,24H,6,11,14H2,(H,23,25)/t19-,21+/m1/s1. The third kappa shape index (κ3) is 3.16. The highest BCUT2D eigenvalue weighted by Gasteiger charge is 2.28. The van der Waals surface area contributed by atoms with E-state index in [4.69, 9.17) is 4.74 Å². The maximum atomic E-state index is 12.7. The Hall–Kier alpha value is -2.85. The number of carbonyl (C=O) groups excluding carboxylic acids is 1. The van der Waals surface area contributed by atoms with Crippen LogP contribution >= 0.6 is 0 Å². The predicted molar refractivity (Wildman–Crippen MR) is 101 cm³/mol. The number of ether oxygens (including phenoxy) is 1. The molecule has 1 heterocycles. The molecule has 2 N–H and O–H groups in total. The molecule has 0 aromatic heterocycles. The minimum Gasteiger partial charge on any atom is -0.508 e. The number of carbonyl (C=O) groups is 1. The van der Waals surface area contributed by atoms with Crippen molar-refractivity contribution in [3.63, 3.8) is 0 Å². The van der Waals surface area contributed by atoms with Gasteiger partial charge < -0.3 is 15.2 Å². The maximum absolute atomic E-state index is 12.7. The van der Waals surface area contributed by atoms with Crippen molar-refractivity contribution in [2.75, 3.05) is 6.61 Å². The number of benzene rings is 3. The van der Waals surface area contributed by atoms with Crippen LogP contribution in [-0.4, -0.2) is 23.7 Å². The molecule has 3 aromatic rings. The minimum absolute atomic E-state index is 0.135. The molecule has 1 fully saturated rings. The Bertz CT molecular complexity index is 917. The van der Waals surface area contributed by atoms with Gasteiger partial charge in [0.1, 0.15) is 11.9 Å². The molecular formula is C22H21NO3. The minimum atomic E-state index is -0.445. The largest absolute Gasteiger partial charge is 0.508 e. The van der Waals surface area contributed by atoms with E-state index in [9.17, 15) is 9.90 Å². The SMILES string of the molecule is O=C(N[C@@H](c1ccccc1)c1c(O)ccc2ccccc12)[C@H]1CCCO1. The fraction of sp³-hybridized carbons (Fsp3) is 0.227. The van der Waals surface area contributed by atoms with Crippen LogP contribution in [0.3, 0.4) is 0 Å². The molecule has 1 amide bonds. The maximum Gasteiger partial charge on any atom is 0.249 e. The van der Waals surface area contributed by atoms with Crippen molar-refractivity contribution in [3.05, 3.63) is 77.9 Å². The Morgan fingerprint density at radius 3 is 2.58 bits per heavy atom. The van der Waals surface area contributed by atoms with Crippen LogP contribution in [0.4, 0.5) is 0 Å². The van der Waals surface area contributed by atoms with Gasteiger partial charge in [0.2, 0.25) is 5.91 Å². The molecule has 4 rings (SSSR count). The summed E-state index contributed by atoms with van der Waals surface area (Å²) in [7, 11) is 0. The third-order valence-electron chi connectivity index (χ3n) is 4.88. The zero-order valence-corrected chi connectivity index (χ0v) is 14.4. The molecule has 132 valence electrons. The Kier molecular flexibility index (Phi) is 4.59. The smallest absolute Gasteiger partial charge is 0.249 e. The molecule has 1 saturated heterocycles. The number of aromatic hydroxyl groups is 1. The lowest BCUT2D eigenvalue weighted by Gasteiger charge is -2.24. The number of amides is 1. The summed E-state index contributed by atoms with van der Waals surface area (Å²) in [6, 6.07) is 20.7. The first-order valence-electron chi connectivity index (χ1n) is 8.91. The summed E-state index contributed by atoms with van der Waals surface area (Å²) in [5.74, 6) is 0.0360. The van der Waals surface area contributed by atoms with Gasteiger partial charge in [0, 0.05) is 12.2 Å². The van der Waals surface area contributed by atoms with Crippen LogP contribution in [-0.2, 0) is 9.53 Å². The van der Waals surface area contributed by atoms with Gasteiger partial charge in [0.05, 0.1) is 6.04 Å². The zero-order valence-electron chi connectivity index (χ0n) is 14.4. The van der Waals surface area contributed by atoms with E-state index in [0.717, 1.165) is 29.2 Å². The molecule has 0 bridgehead atoms. The number of hydrogen-bond acceptors (Lipinski definition) is 3. The van der Waals surface area contributed by atoms with Gasteiger partial charge in [-0.2, -0.15) is 0 Å². The number of hydrogen-bond donors (Lipinski definition) is 2. The molecule has 26 heavy (non-hydrogen) atoms. The van der Waals surface area contributed by atoms with E-state index in [1.807, 2.05) is 60.7 Å². The first kappa shape index (κ1) is 16.6. The van der Waals surface area contributed by atoms with Crippen molar-refractivity contribution in [2.24, 2.45) is 0 Å². The van der Waals surface area contributed by atoms with Gasteiger partial charge in [0.25, 0.3) is 0 Å². The van der Waals surface area contributed by atoms with Gasteiger partial charge in [-0.25, -0.2) is 0 Å². The van der Waals surface area contributed by atoms with Crippen molar-refractivity contribution in [2.45, 2.75) is 25.0 Å². The summed E-state index contributed by atoms with van der Waals surface area (Å²) >= 11 is 0. The fourth-order valence-electron chi connectivity index (χ4n) is 3.57. The molecule has 0 spiro atoms. The van der Waals surface area contributed by atoms with Gasteiger partial charge in [-0.15, -0.1) is 0 Å². The zero-order chi connectivity index (χ0) is 17.9. The lowest BCUT2D eigenvalue weighted by molar-refractivity contribution is -0.130. The molecule has 3 aromatic carbocycles. The first-order valence-corrected chi connectivity index (χ1v) is 8.91. The fourth-order valence-corrected chi connectivity index (χ4v) is 3.57. The summed E-state index contributed by atoms with van der Waals surface area (Å²) in [4.78, 5) is 12.7. The van der Waals surface area contributed by atoms with Gasteiger partial charge in [0.15, 0.2) is 0 Å². The highest BCUT2D eigenvalue weighted by Crippen LogP contribution is 2.36. The normalized spacial score (nSPS) is 17.9. The van der Waals surface area contributed by atoms with Crippen LogP contribution in [0.25, 0.3) is 10.8 Å². The van der Waals surface area contributed by atoms with Gasteiger partial charge in [-0.3, -0.25) is 4.79 Å². The monoisotopic (exact) mass is 347 g/mol. The van der Waals surface area contributed by atoms with E-state index in [1.54, 1.807) is 6.07 Å². The lowest BCUT2D eigenvalue weighted by atomic mass is 9.92. The molecular weight excluding hydrogens is 326 g/mol. The van der Waals surface area contributed by atoms with E-state index in [1.165, 1.54) is 0 Å². The van der Waals surface area contributed by atoms with E-state index < -0.39 is 12.1 Å². The van der Waals surface area contributed by atoms with Gasteiger partial charge >= 0.3 is 0 Å². The van der Waals surface area contributed by atoms with Crippen LogP contribution in [0.2, 0.25) is 0 Å². The Labute approximate surface area is 152 Å². The summed E-state index contributed by atoms with van der Waals surface area (Å²) in [6.07, 6.45) is 1.21. The van der Waals surface area contributed by atoms with Crippen LogP contribution in [0.15, 0.2) is 66.7 Å². The second kappa shape index (κ2) is 7.18. The average Bonchev–Trinajstić information content (AvgIpc) is 3.22. The van der Waals surface area contributed by atoms with E-state index in [2.05, 4.69) is 5.32 Å². The molecule has 0 radical (unpaired) electrons. The molecule has 0 saturated carbocycles. The Morgan fingerprint density at radius 1 is 1.04 bits per heavy atom. The number of nitrogens with one attached hydrogen (secondary N) is 1. The van der Waals surface area contributed by atoms with Crippen LogP contribution in [0, 0.1) is 0 Å². The summed E-state index contributed by atoms with van der Waals surface area (Å²) in [5.41, 5.74) is 1.63. The number of rotatable bonds is 4. The quantitative estimate of drug-likeness (QED) is 0.752. The molecule has 0 unspecified atom stereocenters. The average molecular weight is 347 g/mol. The molecule has 4 heteroatoms. The van der Waals surface area contributed by atoms with Crippen molar-refractivity contribution in [1.82, 2.24) is 5.32 Å². The molecule has 0 aliphatic carbocycles.